The fourth-order valence-electron chi connectivity index (χ4n) is 4.30. The zero-order chi connectivity index (χ0) is 20.6. The Morgan fingerprint density at radius 2 is 2.14 bits per heavy atom. The van der Waals surface area contributed by atoms with Crippen LogP contribution in [0.3, 0.4) is 0 Å². The van der Waals surface area contributed by atoms with Gasteiger partial charge in [0.05, 0.1) is 12.5 Å². The van der Waals surface area contributed by atoms with Gasteiger partial charge in [-0.2, -0.15) is 5.26 Å². The number of rotatable bonds is 7. The van der Waals surface area contributed by atoms with E-state index in [4.69, 9.17) is 5.26 Å². The molecule has 2 aromatic heterocycles. The average molecular weight is 391 g/mol. The fourth-order valence-corrected chi connectivity index (χ4v) is 4.30. The second-order valence-corrected chi connectivity index (χ2v) is 7.85. The standard InChI is InChI=1S/C24H30N4O/c1-19-16-22(20(2)28(19)23-9-4-3-5-10-23)11-12-24(29)27(15-7-13-25)18-21-8-6-14-26-17-21/h6,8,11-12,14,16-17,23H,3-5,7,9-10,15,18H2,1-2H3/b12-11+. The van der Waals surface area contributed by atoms with Gasteiger partial charge in [-0.05, 0) is 56.0 Å². The molecule has 152 valence electrons. The lowest BCUT2D eigenvalue weighted by Crippen LogP contribution is -2.29. The topological polar surface area (TPSA) is 61.9 Å². The summed E-state index contributed by atoms with van der Waals surface area (Å²) in [7, 11) is 0. The van der Waals surface area contributed by atoms with E-state index in [1.54, 1.807) is 23.4 Å². The van der Waals surface area contributed by atoms with Crippen LogP contribution < -0.4 is 0 Å². The third-order valence-corrected chi connectivity index (χ3v) is 5.77. The number of hydrogen-bond donors (Lipinski definition) is 0. The van der Waals surface area contributed by atoms with Gasteiger partial charge in [-0.1, -0.05) is 25.3 Å². The monoisotopic (exact) mass is 390 g/mol. The first-order chi connectivity index (χ1) is 14.1. The minimum absolute atomic E-state index is 0.0772. The van der Waals surface area contributed by atoms with Crippen molar-refractivity contribution < 1.29 is 4.79 Å². The highest BCUT2D eigenvalue weighted by Crippen LogP contribution is 2.32. The van der Waals surface area contributed by atoms with E-state index in [0.717, 1.165) is 11.1 Å². The molecule has 0 atom stereocenters. The summed E-state index contributed by atoms with van der Waals surface area (Å²) < 4.78 is 2.45. The molecule has 0 spiro atoms. The number of amides is 1. The van der Waals surface area contributed by atoms with Gasteiger partial charge in [0.1, 0.15) is 0 Å². The third kappa shape index (κ3) is 5.35. The second kappa shape index (κ2) is 10.1. The summed E-state index contributed by atoms with van der Waals surface area (Å²) in [6.45, 7) is 5.17. The van der Waals surface area contributed by atoms with Crippen molar-refractivity contribution in [3.63, 3.8) is 0 Å². The maximum atomic E-state index is 12.8. The van der Waals surface area contributed by atoms with Crippen molar-refractivity contribution in [3.8, 4) is 6.07 Å². The van der Waals surface area contributed by atoms with Gasteiger partial charge >= 0.3 is 0 Å². The number of pyridine rings is 1. The van der Waals surface area contributed by atoms with E-state index in [-0.39, 0.29) is 5.91 Å². The molecule has 2 heterocycles. The van der Waals surface area contributed by atoms with Crippen LogP contribution in [-0.4, -0.2) is 26.9 Å². The summed E-state index contributed by atoms with van der Waals surface area (Å²) >= 11 is 0. The van der Waals surface area contributed by atoms with Crippen molar-refractivity contribution in [2.45, 2.75) is 65.0 Å². The highest BCUT2D eigenvalue weighted by atomic mass is 16.2. The summed E-state index contributed by atoms with van der Waals surface area (Å²) in [6.07, 6.45) is 13.8. The minimum Gasteiger partial charge on any atom is -0.346 e. The fraction of sp³-hybridized carbons (Fsp3) is 0.458. The van der Waals surface area contributed by atoms with Crippen LogP contribution in [-0.2, 0) is 11.3 Å². The van der Waals surface area contributed by atoms with Crippen LogP contribution in [0.25, 0.3) is 6.08 Å². The van der Waals surface area contributed by atoms with E-state index in [1.165, 1.54) is 43.5 Å². The summed E-state index contributed by atoms with van der Waals surface area (Å²) in [4.78, 5) is 18.7. The molecule has 0 bridgehead atoms. The molecule has 5 heteroatoms. The third-order valence-electron chi connectivity index (χ3n) is 5.77. The smallest absolute Gasteiger partial charge is 0.246 e. The number of nitrogens with zero attached hydrogens (tertiary/aromatic N) is 4. The maximum absolute atomic E-state index is 12.8. The predicted molar refractivity (Wildman–Crippen MR) is 115 cm³/mol. The van der Waals surface area contributed by atoms with E-state index in [2.05, 4.69) is 35.5 Å². The molecule has 29 heavy (non-hydrogen) atoms. The zero-order valence-corrected chi connectivity index (χ0v) is 17.5. The number of aromatic nitrogens is 2. The Hall–Kier alpha value is -2.87. The molecule has 1 aliphatic rings. The van der Waals surface area contributed by atoms with Crippen LogP contribution in [0.4, 0.5) is 0 Å². The lowest BCUT2D eigenvalue weighted by Gasteiger charge is -2.26. The average Bonchev–Trinajstić information content (AvgIpc) is 3.03. The van der Waals surface area contributed by atoms with Crippen molar-refractivity contribution in [1.29, 1.82) is 5.26 Å². The predicted octanol–water partition coefficient (Wildman–Crippen LogP) is 4.96. The molecule has 0 aromatic carbocycles. The van der Waals surface area contributed by atoms with Crippen LogP contribution in [0.1, 0.15) is 67.1 Å². The van der Waals surface area contributed by atoms with E-state index < -0.39 is 0 Å². The van der Waals surface area contributed by atoms with Crippen molar-refractivity contribution >= 4 is 12.0 Å². The molecular weight excluding hydrogens is 360 g/mol. The Bertz CT molecular complexity index is 886. The lowest BCUT2D eigenvalue weighted by molar-refractivity contribution is -0.126. The minimum atomic E-state index is -0.0772. The first-order valence-electron chi connectivity index (χ1n) is 10.5. The molecule has 3 rings (SSSR count). The van der Waals surface area contributed by atoms with Gasteiger partial charge in [0.15, 0.2) is 0 Å². The van der Waals surface area contributed by atoms with Crippen LogP contribution in [0, 0.1) is 25.2 Å². The Morgan fingerprint density at radius 3 is 2.83 bits per heavy atom. The Morgan fingerprint density at radius 1 is 1.34 bits per heavy atom. The van der Waals surface area contributed by atoms with Gasteiger partial charge in [0.25, 0.3) is 0 Å². The number of carbonyl (C=O) groups is 1. The van der Waals surface area contributed by atoms with E-state index >= 15 is 0 Å². The number of hydrogen-bond acceptors (Lipinski definition) is 3. The Labute approximate surface area is 173 Å². The molecule has 1 aliphatic carbocycles. The highest BCUT2D eigenvalue weighted by molar-refractivity contribution is 5.92. The number of aryl methyl sites for hydroxylation is 1. The molecule has 2 aromatic rings. The lowest BCUT2D eigenvalue weighted by atomic mass is 9.95. The Balaban J connectivity index is 1.74. The van der Waals surface area contributed by atoms with E-state index in [0.29, 0.717) is 25.6 Å². The molecule has 1 fully saturated rings. The van der Waals surface area contributed by atoms with Crippen molar-refractivity contribution in [2.75, 3.05) is 6.54 Å². The highest BCUT2D eigenvalue weighted by Gasteiger charge is 2.19. The molecule has 0 N–H and O–H groups in total. The second-order valence-electron chi connectivity index (χ2n) is 7.85. The van der Waals surface area contributed by atoms with Crippen molar-refractivity contribution in [2.24, 2.45) is 0 Å². The number of nitriles is 1. The van der Waals surface area contributed by atoms with E-state index in [1.807, 2.05) is 18.2 Å². The first-order valence-corrected chi connectivity index (χ1v) is 10.5. The zero-order valence-electron chi connectivity index (χ0n) is 17.5. The van der Waals surface area contributed by atoms with Gasteiger partial charge in [-0.25, -0.2) is 0 Å². The summed E-state index contributed by atoms with van der Waals surface area (Å²) in [5, 5.41) is 8.94. The van der Waals surface area contributed by atoms with Crippen molar-refractivity contribution in [3.05, 3.63) is 59.2 Å². The number of carbonyl (C=O) groups excluding carboxylic acids is 1. The van der Waals surface area contributed by atoms with Gasteiger partial charge < -0.3 is 9.47 Å². The van der Waals surface area contributed by atoms with Crippen LogP contribution in [0.2, 0.25) is 0 Å². The van der Waals surface area contributed by atoms with E-state index in [9.17, 15) is 4.79 Å². The summed E-state index contributed by atoms with van der Waals surface area (Å²) in [5.41, 5.74) is 4.55. The molecule has 1 amide bonds. The molecule has 0 saturated heterocycles. The molecular formula is C24H30N4O. The molecule has 0 unspecified atom stereocenters. The van der Waals surface area contributed by atoms with Gasteiger partial charge in [-0.15, -0.1) is 0 Å². The van der Waals surface area contributed by atoms with Gasteiger partial charge in [0.2, 0.25) is 5.91 Å². The van der Waals surface area contributed by atoms with Crippen LogP contribution >= 0.6 is 0 Å². The SMILES string of the molecule is Cc1cc(/C=C/C(=O)N(CCC#N)Cc2cccnc2)c(C)n1C1CCCCC1. The van der Waals surface area contributed by atoms with Crippen LogP contribution in [0.15, 0.2) is 36.7 Å². The molecule has 0 aliphatic heterocycles. The quantitative estimate of drug-likeness (QED) is 0.628. The van der Waals surface area contributed by atoms with Crippen molar-refractivity contribution in [1.82, 2.24) is 14.5 Å². The maximum Gasteiger partial charge on any atom is 0.246 e. The molecule has 1 saturated carbocycles. The Kier molecular flexibility index (Phi) is 7.24. The first kappa shape index (κ1) is 20.9. The van der Waals surface area contributed by atoms with Gasteiger partial charge in [0, 0.05) is 49.0 Å². The molecule has 0 radical (unpaired) electrons. The van der Waals surface area contributed by atoms with Gasteiger partial charge in [-0.3, -0.25) is 9.78 Å². The summed E-state index contributed by atoms with van der Waals surface area (Å²) in [5.74, 6) is -0.0772. The summed E-state index contributed by atoms with van der Waals surface area (Å²) in [6, 6.07) is 8.69. The molecule has 5 nitrogen and oxygen atoms in total. The van der Waals surface area contributed by atoms with Crippen LogP contribution in [0.5, 0.6) is 0 Å². The normalized spacial score (nSPS) is 14.8. The largest absolute Gasteiger partial charge is 0.346 e.